The first-order valence-corrected chi connectivity index (χ1v) is 1.55. The van der Waals surface area contributed by atoms with Crippen molar-refractivity contribution in [2.45, 2.75) is 0 Å². The number of nitrogens with zero attached hydrogens (tertiary/aromatic N) is 6. The fourth-order valence-corrected chi connectivity index (χ4v) is 0. The molecule has 0 aromatic rings. The maximum Gasteiger partial charge on any atom is 0 e. The van der Waals surface area contributed by atoms with Crippen LogP contribution in [0.1, 0.15) is 0 Å². The van der Waals surface area contributed by atoms with Crippen molar-refractivity contribution in [1.82, 2.24) is 0 Å². The Balaban J connectivity index is -0.00000000396. The van der Waals surface area contributed by atoms with Crippen LogP contribution in [0.2, 0.25) is 0 Å². The van der Waals surface area contributed by atoms with Gasteiger partial charge in [-0.3, -0.25) is 0 Å². The van der Waals surface area contributed by atoms with E-state index < -0.39 is 0 Å². The van der Waals surface area contributed by atoms with E-state index in [-0.39, 0.29) is 74.3 Å². The summed E-state index contributed by atoms with van der Waals surface area (Å²) in [6.07, 6.45) is 0. The zero-order valence-electron chi connectivity index (χ0n) is 7.21. The van der Waals surface area contributed by atoms with Crippen LogP contribution < -0.4 is 0 Å². The molecule has 0 aliphatic carbocycles. The van der Waals surface area contributed by atoms with Crippen LogP contribution >= 0.6 is 0 Å². The summed E-state index contributed by atoms with van der Waals surface area (Å²) < 4.78 is 0. The molecule has 0 unspecified atom stereocenters. The van der Waals surface area contributed by atoms with Gasteiger partial charge in [0.15, 0.2) is 0 Å². The minimum atomic E-state index is 0. The average Bonchev–Trinajstić information content (AvgIpc) is 2.33. The zero-order chi connectivity index (χ0) is 12.0. The van der Waals surface area contributed by atoms with Gasteiger partial charge in [0.05, 0.1) is 0 Å². The predicted octanol–water partition coefficient (Wildman–Crippen LogP) is -0.0825. The first-order valence-electron chi connectivity index (χ1n) is 1.55. The van der Waals surface area contributed by atoms with E-state index in [0.717, 1.165) is 0 Å². The predicted molar refractivity (Wildman–Crippen MR) is 48.6 cm³/mol. The van der Waals surface area contributed by atoms with Gasteiger partial charge in [0.25, 0.3) is 0 Å². The first kappa shape index (κ1) is 89.5. The Hall–Kier alpha value is -0.657. The molecule has 0 aliphatic rings. The molecule has 0 rings (SSSR count). The maximum absolute atomic E-state index is 6.50. The van der Waals surface area contributed by atoms with Crippen LogP contribution in [-0.2, 0) is 36.5 Å². The Kier molecular flexibility index (Phi) is 28000. The van der Waals surface area contributed by atoms with E-state index in [1.807, 2.05) is 0 Å². The van der Waals surface area contributed by atoms with Crippen molar-refractivity contribution in [2.24, 2.45) is 0 Å². The molecule has 0 bridgehead atoms. The second kappa shape index (κ2) is 4700. The Labute approximate surface area is 144 Å². The molecule has 0 N–H and O–H groups in total. The summed E-state index contributed by atoms with van der Waals surface area (Å²) >= 11 is 0. The third kappa shape index (κ3) is 3970. The van der Waals surface area contributed by atoms with Gasteiger partial charge in [-0.05, 0) is 0 Å². The molecule has 0 aromatic carbocycles. The van der Waals surface area contributed by atoms with Crippen LogP contribution in [0.4, 0.5) is 0 Å². The van der Waals surface area contributed by atoms with Crippen molar-refractivity contribution < 1.29 is 36.5 Å². The molecule has 15 heavy (non-hydrogen) atoms. The van der Waals surface area contributed by atoms with Gasteiger partial charge in [0.2, 0.25) is 0 Å². The van der Waals surface area contributed by atoms with Gasteiger partial charge in [-0.15, -0.1) is 0 Å². The Morgan fingerprint density at radius 1 is 0.400 bits per heavy atom. The van der Waals surface area contributed by atoms with Crippen molar-refractivity contribution in [1.29, 1.82) is 31.6 Å². The molecular formula is C6H8CaFeN6Zn. The third-order valence-corrected chi connectivity index (χ3v) is 0. The molecule has 0 atom stereocenters. The van der Waals surface area contributed by atoms with E-state index in [9.17, 15) is 0 Å². The molecule has 74 valence electrons. The zero-order valence-corrected chi connectivity index (χ0v) is 11.3. The van der Waals surface area contributed by atoms with Crippen LogP contribution in [0.5, 0.6) is 0 Å². The van der Waals surface area contributed by atoms with Gasteiger partial charge in [-0.1, -0.05) is 0 Å². The standard InChI is InChI=1S/6CHN.Ca.Fe.Zn.2H/c6*1-2;;;;;/h6*1H;;;;;. The molecule has 0 heterocycles. The second-order valence-corrected chi connectivity index (χ2v) is 0. The first-order chi connectivity index (χ1) is 6.00. The Bertz CT molecular complexity index is 103. The van der Waals surface area contributed by atoms with Crippen LogP contribution in [0.3, 0.4) is 0 Å². The minimum absolute atomic E-state index is 0. The third-order valence-electron chi connectivity index (χ3n) is 0. The van der Waals surface area contributed by atoms with E-state index in [1.54, 1.807) is 0 Å². The summed E-state index contributed by atoms with van der Waals surface area (Å²) in [5, 5.41) is 39.0. The molecule has 0 radical (unpaired) electrons. The van der Waals surface area contributed by atoms with Gasteiger partial charge in [0.1, 0.15) is 0 Å². The summed E-state index contributed by atoms with van der Waals surface area (Å²) in [4.78, 5) is 0. The summed E-state index contributed by atoms with van der Waals surface area (Å²) in [5.74, 6) is 0. The van der Waals surface area contributed by atoms with Crippen molar-refractivity contribution in [3.63, 3.8) is 0 Å². The van der Waals surface area contributed by atoms with Crippen LogP contribution in [0.15, 0.2) is 0 Å². The van der Waals surface area contributed by atoms with Crippen molar-refractivity contribution in [3.8, 4) is 39.4 Å². The monoisotopic (exact) mass is 324 g/mol. The van der Waals surface area contributed by atoms with Crippen LogP contribution in [0.25, 0.3) is 0 Å². The summed E-state index contributed by atoms with van der Waals surface area (Å²) in [6, 6.07) is 0. The van der Waals surface area contributed by atoms with Crippen molar-refractivity contribution >= 4 is 37.7 Å². The van der Waals surface area contributed by atoms with Gasteiger partial charge in [0, 0.05) is 76.0 Å². The number of nitriles is 6. The van der Waals surface area contributed by atoms with Gasteiger partial charge in [-0.25, -0.2) is 31.6 Å². The molecule has 0 saturated heterocycles. The quantitative estimate of drug-likeness (QED) is 0.570. The normalized spacial score (nSPS) is 0.800. The van der Waals surface area contributed by atoms with Crippen LogP contribution in [0, 0.1) is 71.0 Å². The van der Waals surface area contributed by atoms with Gasteiger partial charge in [-0.2, -0.15) is 0 Å². The molecule has 0 spiro atoms. The largest absolute Gasteiger partial charge is 0 e. The Morgan fingerprint density at radius 2 is 0.400 bits per heavy atom. The Morgan fingerprint density at radius 3 is 0.400 bits per heavy atom. The topological polar surface area (TPSA) is 143 Å². The number of rotatable bonds is 0. The maximum atomic E-state index is 6.50. The van der Waals surface area contributed by atoms with Gasteiger partial charge >= 0.3 is 37.7 Å². The molecule has 9 heteroatoms. The number of hydrogen-bond donors (Lipinski definition) is 0. The van der Waals surface area contributed by atoms with Crippen molar-refractivity contribution in [3.05, 3.63) is 0 Å². The molecule has 0 fully saturated rings. The molecule has 0 aliphatic heterocycles. The fraction of sp³-hybridized carbons (Fsp3) is 0. The number of hydrogen-bond acceptors (Lipinski definition) is 6. The summed E-state index contributed by atoms with van der Waals surface area (Å²) in [5.41, 5.74) is 0. The summed E-state index contributed by atoms with van der Waals surface area (Å²) in [6.45, 7) is 21.0. The fourth-order valence-electron chi connectivity index (χ4n) is 0. The van der Waals surface area contributed by atoms with E-state index in [1.165, 1.54) is 0 Å². The van der Waals surface area contributed by atoms with E-state index in [2.05, 4.69) is 39.4 Å². The molecule has 6 nitrogen and oxygen atoms in total. The summed E-state index contributed by atoms with van der Waals surface area (Å²) in [7, 11) is 0. The second-order valence-electron chi connectivity index (χ2n) is 0. The molecule has 0 saturated carbocycles. The van der Waals surface area contributed by atoms with E-state index >= 15 is 0 Å². The molecular weight excluding hydrogens is 317 g/mol. The minimum Gasteiger partial charge on any atom is 0 e. The van der Waals surface area contributed by atoms with E-state index in [0.29, 0.717) is 0 Å². The van der Waals surface area contributed by atoms with Crippen molar-refractivity contribution in [2.75, 3.05) is 0 Å². The van der Waals surface area contributed by atoms with E-state index in [4.69, 9.17) is 31.6 Å². The smallest absolute Gasteiger partial charge is 0 e. The SMILES string of the molecule is C#N.C#N.C#N.C#N.C#N.C#N.[CaH2].[Fe].[Zn]. The van der Waals surface area contributed by atoms with Crippen LogP contribution in [-0.4, -0.2) is 37.7 Å². The molecule has 0 amide bonds. The average molecular weight is 325 g/mol. The molecule has 0 aromatic heterocycles. The van der Waals surface area contributed by atoms with Gasteiger partial charge < -0.3 is 0 Å².